The Hall–Kier alpha value is -0.610. The van der Waals surface area contributed by atoms with Gasteiger partial charge in [0.05, 0.1) is 0 Å². The second-order valence-electron chi connectivity index (χ2n) is 6.85. The normalized spacial score (nSPS) is 21.8. The van der Waals surface area contributed by atoms with Gasteiger partial charge in [0.15, 0.2) is 0 Å². The molecule has 0 aromatic heterocycles. The van der Waals surface area contributed by atoms with E-state index in [4.69, 9.17) is 0 Å². The van der Waals surface area contributed by atoms with Crippen LogP contribution in [0.2, 0.25) is 0 Å². The van der Waals surface area contributed by atoms with Crippen molar-refractivity contribution in [3.05, 3.63) is 0 Å². The van der Waals surface area contributed by atoms with Crippen LogP contribution in [0.25, 0.3) is 0 Å². The fourth-order valence-electron chi connectivity index (χ4n) is 2.74. The van der Waals surface area contributed by atoms with Crippen molar-refractivity contribution < 1.29 is 9.53 Å². The van der Waals surface area contributed by atoms with Gasteiger partial charge in [0, 0.05) is 12.1 Å². The smallest absolute Gasteiger partial charge is 0.293 e. The molecule has 2 aliphatic rings. The molecular formula is C16H32N2O2. The average molecular weight is 284 g/mol. The summed E-state index contributed by atoms with van der Waals surface area (Å²) in [6.45, 7) is 8.35. The summed E-state index contributed by atoms with van der Waals surface area (Å²) >= 11 is 0. The number of ether oxygens (including phenoxy) is 1. The molecule has 1 heterocycles. The standard InChI is InChI=1S/C11H22N2.C5H10O2/c1-2-4-10(5-3-1)13-11-6-8-12-9-7-11;1-5(2,3)7-4-6/h10-13H,1-9H2;4H,1-3H3. The van der Waals surface area contributed by atoms with E-state index in [1.807, 2.05) is 20.8 Å². The minimum absolute atomic E-state index is 0.318. The first-order valence-electron chi connectivity index (χ1n) is 8.09. The number of hydrogen-bond donors (Lipinski definition) is 2. The van der Waals surface area contributed by atoms with Crippen LogP contribution in [0, 0.1) is 0 Å². The van der Waals surface area contributed by atoms with Gasteiger partial charge in [-0.2, -0.15) is 0 Å². The van der Waals surface area contributed by atoms with Crippen molar-refractivity contribution in [1.29, 1.82) is 0 Å². The molecule has 1 saturated heterocycles. The molecule has 1 aliphatic heterocycles. The Labute approximate surface area is 124 Å². The van der Waals surface area contributed by atoms with Crippen molar-refractivity contribution in [1.82, 2.24) is 10.6 Å². The first kappa shape index (κ1) is 17.4. The van der Waals surface area contributed by atoms with E-state index in [-0.39, 0.29) is 5.60 Å². The topological polar surface area (TPSA) is 50.4 Å². The van der Waals surface area contributed by atoms with Crippen LogP contribution in [0.5, 0.6) is 0 Å². The summed E-state index contributed by atoms with van der Waals surface area (Å²) in [5, 5.41) is 7.23. The second-order valence-corrected chi connectivity index (χ2v) is 6.85. The number of rotatable bonds is 3. The van der Waals surface area contributed by atoms with Crippen LogP contribution < -0.4 is 10.6 Å². The first-order valence-corrected chi connectivity index (χ1v) is 8.09. The van der Waals surface area contributed by atoms with Crippen LogP contribution in [0.4, 0.5) is 0 Å². The number of carbonyl (C=O) groups excluding carboxylic acids is 1. The van der Waals surface area contributed by atoms with Gasteiger partial charge in [0.25, 0.3) is 6.47 Å². The van der Waals surface area contributed by atoms with Crippen molar-refractivity contribution in [2.75, 3.05) is 13.1 Å². The van der Waals surface area contributed by atoms with Gasteiger partial charge in [-0.1, -0.05) is 19.3 Å². The third kappa shape index (κ3) is 8.54. The van der Waals surface area contributed by atoms with E-state index in [0.717, 1.165) is 12.1 Å². The highest BCUT2D eigenvalue weighted by Crippen LogP contribution is 2.19. The van der Waals surface area contributed by atoms with Crippen molar-refractivity contribution in [3.63, 3.8) is 0 Å². The number of piperidine rings is 1. The molecule has 1 saturated carbocycles. The van der Waals surface area contributed by atoms with Crippen molar-refractivity contribution >= 4 is 6.47 Å². The lowest BCUT2D eigenvalue weighted by Crippen LogP contribution is -2.45. The van der Waals surface area contributed by atoms with Gasteiger partial charge < -0.3 is 15.4 Å². The number of hydrogen-bond acceptors (Lipinski definition) is 4. The maximum atomic E-state index is 9.60. The first-order chi connectivity index (χ1) is 9.51. The van der Waals surface area contributed by atoms with E-state index in [1.165, 1.54) is 58.0 Å². The lowest BCUT2D eigenvalue weighted by molar-refractivity contribution is -0.138. The third-order valence-corrected chi connectivity index (χ3v) is 3.82. The predicted octanol–water partition coefficient (Wildman–Crippen LogP) is 2.62. The van der Waals surface area contributed by atoms with Crippen molar-refractivity contribution in [2.45, 2.75) is 83.4 Å². The van der Waals surface area contributed by atoms with Crippen LogP contribution in [0.1, 0.15) is 65.7 Å². The van der Waals surface area contributed by atoms with Crippen LogP contribution >= 0.6 is 0 Å². The molecule has 0 aromatic carbocycles. The highest BCUT2D eigenvalue weighted by molar-refractivity contribution is 5.37. The highest BCUT2D eigenvalue weighted by Gasteiger charge is 2.18. The molecule has 0 aromatic rings. The van der Waals surface area contributed by atoms with Gasteiger partial charge in [-0.3, -0.25) is 4.79 Å². The molecule has 0 bridgehead atoms. The molecular weight excluding hydrogens is 252 g/mol. The molecule has 20 heavy (non-hydrogen) atoms. The lowest BCUT2D eigenvalue weighted by atomic mass is 9.94. The highest BCUT2D eigenvalue weighted by atomic mass is 16.5. The molecule has 0 amide bonds. The minimum atomic E-state index is -0.318. The van der Waals surface area contributed by atoms with Gasteiger partial charge >= 0.3 is 0 Å². The van der Waals surface area contributed by atoms with Gasteiger partial charge in [0.2, 0.25) is 0 Å². The number of nitrogens with one attached hydrogen (secondary N) is 2. The van der Waals surface area contributed by atoms with Gasteiger partial charge in [0.1, 0.15) is 5.60 Å². The lowest BCUT2D eigenvalue weighted by Gasteiger charge is -2.31. The van der Waals surface area contributed by atoms with E-state index >= 15 is 0 Å². The zero-order valence-corrected chi connectivity index (χ0v) is 13.4. The molecule has 2 fully saturated rings. The summed E-state index contributed by atoms with van der Waals surface area (Å²) in [5.74, 6) is 0. The quantitative estimate of drug-likeness (QED) is 0.782. The third-order valence-electron chi connectivity index (χ3n) is 3.82. The van der Waals surface area contributed by atoms with Crippen molar-refractivity contribution in [2.24, 2.45) is 0 Å². The van der Waals surface area contributed by atoms with E-state index in [2.05, 4.69) is 15.4 Å². The maximum absolute atomic E-state index is 9.60. The molecule has 4 heteroatoms. The van der Waals surface area contributed by atoms with Crippen LogP contribution in [-0.4, -0.2) is 37.2 Å². The fourth-order valence-corrected chi connectivity index (χ4v) is 2.74. The molecule has 118 valence electrons. The zero-order valence-electron chi connectivity index (χ0n) is 13.4. The van der Waals surface area contributed by atoms with Crippen LogP contribution in [0.3, 0.4) is 0 Å². The average Bonchev–Trinajstić information content (AvgIpc) is 2.40. The molecule has 0 atom stereocenters. The summed E-state index contributed by atoms with van der Waals surface area (Å²) in [5.41, 5.74) is -0.318. The van der Waals surface area contributed by atoms with E-state index in [1.54, 1.807) is 0 Å². The van der Waals surface area contributed by atoms with Gasteiger partial charge in [-0.25, -0.2) is 0 Å². The van der Waals surface area contributed by atoms with E-state index in [9.17, 15) is 4.79 Å². The zero-order chi connectivity index (χ0) is 14.8. The molecule has 2 rings (SSSR count). The maximum Gasteiger partial charge on any atom is 0.293 e. The molecule has 2 N–H and O–H groups in total. The van der Waals surface area contributed by atoms with Crippen LogP contribution in [0.15, 0.2) is 0 Å². The summed E-state index contributed by atoms with van der Waals surface area (Å²) in [4.78, 5) is 9.60. The Balaban J connectivity index is 0.000000246. The largest absolute Gasteiger partial charge is 0.462 e. The Morgan fingerprint density at radius 3 is 2.00 bits per heavy atom. The Morgan fingerprint density at radius 2 is 1.55 bits per heavy atom. The summed E-state index contributed by atoms with van der Waals surface area (Å²) < 4.78 is 4.55. The Morgan fingerprint density at radius 1 is 1.00 bits per heavy atom. The number of carbonyl (C=O) groups is 1. The predicted molar refractivity (Wildman–Crippen MR) is 82.8 cm³/mol. The molecule has 1 aliphatic carbocycles. The summed E-state index contributed by atoms with van der Waals surface area (Å²) in [6, 6.07) is 1.65. The minimum Gasteiger partial charge on any atom is -0.462 e. The summed E-state index contributed by atoms with van der Waals surface area (Å²) in [6.07, 6.45) is 9.86. The second kappa shape index (κ2) is 9.35. The van der Waals surface area contributed by atoms with E-state index in [0.29, 0.717) is 6.47 Å². The van der Waals surface area contributed by atoms with Crippen molar-refractivity contribution in [3.8, 4) is 0 Å². The fraction of sp³-hybridized carbons (Fsp3) is 0.938. The molecule has 4 nitrogen and oxygen atoms in total. The monoisotopic (exact) mass is 284 g/mol. The van der Waals surface area contributed by atoms with Crippen LogP contribution in [-0.2, 0) is 9.53 Å². The Kier molecular flexibility index (Phi) is 8.15. The molecule has 0 spiro atoms. The molecule has 0 radical (unpaired) electrons. The van der Waals surface area contributed by atoms with Gasteiger partial charge in [-0.05, 0) is 59.5 Å². The molecule has 0 unspecified atom stereocenters. The van der Waals surface area contributed by atoms with E-state index < -0.39 is 0 Å². The SMILES string of the molecule is C1CCC(NC2CCNCC2)CC1.CC(C)(C)OC=O. The van der Waals surface area contributed by atoms with Gasteiger partial charge in [-0.15, -0.1) is 0 Å². The summed E-state index contributed by atoms with van der Waals surface area (Å²) in [7, 11) is 0. The Bertz CT molecular complexity index is 236.